The van der Waals surface area contributed by atoms with E-state index >= 15 is 0 Å². The number of nitrogens with one attached hydrogen (secondary N) is 2. The molecule has 2 aliphatic rings. The van der Waals surface area contributed by atoms with Gasteiger partial charge in [-0.1, -0.05) is 61.0 Å². The van der Waals surface area contributed by atoms with E-state index in [1.54, 1.807) is 53.4 Å². The molecule has 4 aromatic carbocycles. The van der Waals surface area contributed by atoms with Gasteiger partial charge in [-0.05, 0) is 78.9 Å². The number of benzene rings is 4. The number of hydrazine groups is 1. The minimum atomic E-state index is -0.275. The topological polar surface area (TPSA) is 102 Å². The van der Waals surface area contributed by atoms with E-state index < -0.39 is 0 Å². The standard InChI is InChI=1S/C37H37N5O4/c1-26-11-3-4-12-29(26)30-13-5-6-14-31(30)36(45)38-28-19-17-27(18-20-28)37(46)41-24-21-35(44)42(33-16-8-7-15-32(33)41)25-34(43)39-40-22-9-2-10-23-40/h3-8,11-20H,2,9-10,21-25H2,1H3,(H,38,45)(H,39,43). The van der Waals surface area contributed by atoms with Crippen molar-refractivity contribution in [1.29, 1.82) is 0 Å². The summed E-state index contributed by atoms with van der Waals surface area (Å²) in [5, 5.41) is 4.87. The molecule has 2 N–H and O–H groups in total. The van der Waals surface area contributed by atoms with Crippen LogP contribution in [-0.2, 0) is 9.59 Å². The fourth-order valence-corrected chi connectivity index (χ4v) is 6.10. The normalized spacial score (nSPS) is 15.1. The van der Waals surface area contributed by atoms with E-state index in [1.165, 1.54) is 4.90 Å². The predicted octanol–water partition coefficient (Wildman–Crippen LogP) is 5.81. The minimum absolute atomic E-state index is 0.0753. The van der Waals surface area contributed by atoms with Gasteiger partial charge in [0.05, 0.1) is 11.4 Å². The molecular weight excluding hydrogens is 578 g/mol. The molecule has 4 amide bonds. The van der Waals surface area contributed by atoms with Crippen molar-refractivity contribution in [2.24, 2.45) is 0 Å². The Labute approximate surface area is 268 Å². The maximum absolute atomic E-state index is 13.8. The van der Waals surface area contributed by atoms with Crippen LogP contribution >= 0.6 is 0 Å². The second kappa shape index (κ2) is 13.8. The highest BCUT2D eigenvalue weighted by Crippen LogP contribution is 2.34. The van der Waals surface area contributed by atoms with Gasteiger partial charge in [0.15, 0.2) is 0 Å². The SMILES string of the molecule is Cc1ccccc1-c1ccccc1C(=O)Nc1ccc(C(=O)N2CCC(=O)N(CC(=O)NN3CCCCC3)c3ccccc32)cc1. The van der Waals surface area contributed by atoms with Crippen molar-refractivity contribution in [1.82, 2.24) is 10.4 Å². The summed E-state index contributed by atoms with van der Waals surface area (Å²) in [6.45, 7) is 3.65. The third kappa shape index (κ3) is 6.69. The van der Waals surface area contributed by atoms with E-state index in [0.717, 1.165) is 49.0 Å². The summed E-state index contributed by atoms with van der Waals surface area (Å²) < 4.78 is 0. The smallest absolute Gasteiger partial charge is 0.258 e. The molecule has 1 saturated heterocycles. The highest BCUT2D eigenvalue weighted by atomic mass is 16.2. The highest BCUT2D eigenvalue weighted by molar-refractivity contribution is 6.13. The second-order valence-corrected chi connectivity index (χ2v) is 11.7. The van der Waals surface area contributed by atoms with Crippen LogP contribution in [0.1, 0.15) is 52.0 Å². The van der Waals surface area contributed by atoms with Crippen LogP contribution in [0, 0.1) is 6.92 Å². The summed E-state index contributed by atoms with van der Waals surface area (Å²) in [4.78, 5) is 56.4. The molecule has 0 bridgehead atoms. The molecule has 0 radical (unpaired) electrons. The van der Waals surface area contributed by atoms with E-state index in [4.69, 9.17) is 0 Å². The lowest BCUT2D eigenvalue weighted by atomic mass is 9.95. The monoisotopic (exact) mass is 615 g/mol. The van der Waals surface area contributed by atoms with Gasteiger partial charge in [0.1, 0.15) is 6.54 Å². The maximum atomic E-state index is 13.8. The first-order valence-corrected chi connectivity index (χ1v) is 15.7. The van der Waals surface area contributed by atoms with Crippen molar-refractivity contribution in [2.45, 2.75) is 32.6 Å². The number of carbonyl (C=O) groups is 4. The first-order chi connectivity index (χ1) is 22.4. The van der Waals surface area contributed by atoms with Crippen LogP contribution in [0.15, 0.2) is 97.1 Å². The van der Waals surface area contributed by atoms with Gasteiger partial charge >= 0.3 is 0 Å². The van der Waals surface area contributed by atoms with Crippen molar-refractivity contribution < 1.29 is 19.2 Å². The molecule has 4 aromatic rings. The molecule has 0 spiro atoms. The van der Waals surface area contributed by atoms with Gasteiger partial charge < -0.3 is 15.1 Å². The van der Waals surface area contributed by atoms with Gasteiger partial charge in [-0.2, -0.15) is 0 Å². The fourth-order valence-electron chi connectivity index (χ4n) is 6.10. The van der Waals surface area contributed by atoms with E-state index in [1.807, 2.05) is 60.5 Å². The number of fused-ring (bicyclic) bond motifs is 1. The molecule has 0 aliphatic carbocycles. The van der Waals surface area contributed by atoms with E-state index in [-0.39, 0.29) is 43.1 Å². The molecule has 6 rings (SSSR count). The number of hydrogen-bond donors (Lipinski definition) is 2. The summed E-state index contributed by atoms with van der Waals surface area (Å²) in [5.74, 6) is -1.01. The molecular formula is C37H37N5O4. The van der Waals surface area contributed by atoms with E-state index in [0.29, 0.717) is 28.2 Å². The molecule has 46 heavy (non-hydrogen) atoms. The Balaban J connectivity index is 1.17. The Morgan fingerprint density at radius 3 is 2.11 bits per heavy atom. The van der Waals surface area contributed by atoms with Crippen molar-refractivity contribution in [2.75, 3.05) is 41.3 Å². The maximum Gasteiger partial charge on any atom is 0.258 e. The van der Waals surface area contributed by atoms with E-state index in [9.17, 15) is 19.2 Å². The van der Waals surface area contributed by atoms with Crippen LogP contribution in [0.5, 0.6) is 0 Å². The van der Waals surface area contributed by atoms with Crippen LogP contribution in [0.2, 0.25) is 0 Å². The summed E-state index contributed by atoms with van der Waals surface area (Å²) >= 11 is 0. The molecule has 234 valence electrons. The van der Waals surface area contributed by atoms with Gasteiger partial charge in [-0.3, -0.25) is 24.6 Å². The van der Waals surface area contributed by atoms with Gasteiger partial charge in [-0.15, -0.1) is 0 Å². The number of rotatable bonds is 7. The molecule has 9 nitrogen and oxygen atoms in total. The van der Waals surface area contributed by atoms with Crippen LogP contribution < -0.4 is 20.5 Å². The molecule has 2 heterocycles. The number of carbonyl (C=O) groups excluding carboxylic acids is 4. The average molecular weight is 616 g/mol. The average Bonchev–Trinajstić information content (AvgIpc) is 3.21. The minimum Gasteiger partial charge on any atom is -0.322 e. The Hall–Kier alpha value is -5.28. The Morgan fingerprint density at radius 2 is 1.37 bits per heavy atom. The number of para-hydroxylation sites is 2. The van der Waals surface area contributed by atoms with Gasteiger partial charge in [-0.25, -0.2) is 5.01 Å². The molecule has 2 aliphatic heterocycles. The fraction of sp³-hybridized carbons (Fsp3) is 0.243. The first-order valence-electron chi connectivity index (χ1n) is 15.7. The van der Waals surface area contributed by atoms with Crippen LogP contribution in [0.25, 0.3) is 11.1 Å². The second-order valence-electron chi connectivity index (χ2n) is 11.7. The first kappa shape index (κ1) is 30.7. The van der Waals surface area contributed by atoms with Gasteiger partial charge in [0, 0.05) is 42.9 Å². The lowest BCUT2D eigenvalue weighted by Gasteiger charge is -2.29. The third-order valence-electron chi connectivity index (χ3n) is 8.50. The van der Waals surface area contributed by atoms with Crippen molar-refractivity contribution in [3.8, 4) is 11.1 Å². The van der Waals surface area contributed by atoms with Crippen molar-refractivity contribution in [3.63, 3.8) is 0 Å². The van der Waals surface area contributed by atoms with E-state index in [2.05, 4.69) is 10.7 Å². The molecule has 0 unspecified atom stereocenters. The van der Waals surface area contributed by atoms with Crippen LogP contribution in [0.3, 0.4) is 0 Å². The zero-order chi connectivity index (χ0) is 32.0. The molecule has 1 fully saturated rings. The molecule has 9 heteroatoms. The molecule has 0 atom stereocenters. The van der Waals surface area contributed by atoms with Gasteiger partial charge in [0.2, 0.25) is 5.91 Å². The number of amides is 4. The molecule has 0 aromatic heterocycles. The van der Waals surface area contributed by atoms with Crippen molar-refractivity contribution >= 4 is 40.7 Å². The summed E-state index contributed by atoms with van der Waals surface area (Å²) in [5.41, 5.74) is 8.44. The number of anilines is 3. The quantitative estimate of drug-likeness (QED) is 0.273. The third-order valence-corrected chi connectivity index (χ3v) is 8.50. The summed E-state index contributed by atoms with van der Waals surface area (Å²) in [7, 11) is 0. The lowest BCUT2D eigenvalue weighted by molar-refractivity contribution is -0.127. The largest absolute Gasteiger partial charge is 0.322 e. The van der Waals surface area contributed by atoms with Crippen LogP contribution in [-0.4, -0.2) is 54.8 Å². The Morgan fingerprint density at radius 1 is 0.717 bits per heavy atom. The van der Waals surface area contributed by atoms with Crippen LogP contribution in [0.4, 0.5) is 17.1 Å². The zero-order valence-electron chi connectivity index (χ0n) is 25.9. The molecule has 0 saturated carbocycles. The summed E-state index contributed by atoms with van der Waals surface area (Å²) in [6, 6.07) is 29.3. The van der Waals surface area contributed by atoms with Gasteiger partial charge in [0.25, 0.3) is 17.7 Å². The predicted molar refractivity (Wildman–Crippen MR) is 180 cm³/mol. The highest BCUT2D eigenvalue weighted by Gasteiger charge is 2.31. The number of aryl methyl sites for hydroxylation is 1. The number of piperidine rings is 1. The number of nitrogens with zero attached hydrogens (tertiary/aromatic N) is 3. The zero-order valence-corrected chi connectivity index (χ0v) is 25.9. The Bertz CT molecular complexity index is 1760. The summed E-state index contributed by atoms with van der Waals surface area (Å²) in [6.07, 6.45) is 3.27. The van der Waals surface area contributed by atoms with Crippen molar-refractivity contribution in [3.05, 3.63) is 114 Å². The Kier molecular flexibility index (Phi) is 9.21. The lowest BCUT2D eigenvalue weighted by Crippen LogP contribution is -2.49. The number of hydrogen-bond acceptors (Lipinski definition) is 5.